The van der Waals surface area contributed by atoms with Gasteiger partial charge in [-0.3, -0.25) is 0 Å². The minimum atomic E-state index is 0.237. The van der Waals surface area contributed by atoms with Gasteiger partial charge < -0.3 is 10.1 Å². The Morgan fingerprint density at radius 3 is 2.52 bits per heavy atom. The second kappa shape index (κ2) is 7.74. The van der Waals surface area contributed by atoms with Crippen LogP contribution in [0.3, 0.4) is 0 Å². The third-order valence-electron chi connectivity index (χ3n) is 3.34. The van der Waals surface area contributed by atoms with Crippen molar-refractivity contribution in [2.45, 2.75) is 17.9 Å². The first-order valence-corrected chi connectivity index (χ1v) is 8.20. The lowest BCUT2D eigenvalue weighted by molar-refractivity contribution is 0.404. The van der Waals surface area contributed by atoms with Crippen LogP contribution in [0.5, 0.6) is 5.75 Å². The Morgan fingerprint density at radius 1 is 1.19 bits per heavy atom. The summed E-state index contributed by atoms with van der Waals surface area (Å²) in [5.74, 6) is 1.86. The minimum absolute atomic E-state index is 0.237. The normalized spacial score (nSPS) is 12.2. The molecule has 0 saturated carbocycles. The van der Waals surface area contributed by atoms with Crippen LogP contribution in [0.2, 0.25) is 5.02 Å². The molecule has 4 heteroatoms. The van der Waals surface area contributed by atoms with Crippen LogP contribution in [0.4, 0.5) is 0 Å². The Hall–Kier alpha value is -1.16. The highest BCUT2D eigenvalue weighted by atomic mass is 35.5. The fourth-order valence-corrected chi connectivity index (χ4v) is 3.32. The molecule has 0 aliphatic heterocycles. The van der Waals surface area contributed by atoms with Gasteiger partial charge in [0.05, 0.1) is 7.11 Å². The molecule has 0 aliphatic carbocycles. The highest BCUT2D eigenvalue weighted by Gasteiger charge is 2.15. The highest BCUT2D eigenvalue weighted by molar-refractivity contribution is 7.99. The number of hydrogen-bond acceptors (Lipinski definition) is 3. The quantitative estimate of drug-likeness (QED) is 0.778. The Kier molecular flexibility index (Phi) is 5.97. The predicted molar refractivity (Wildman–Crippen MR) is 91.7 cm³/mol. The molecule has 0 fully saturated rings. The van der Waals surface area contributed by atoms with Gasteiger partial charge in [-0.2, -0.15) is 0 Å². The zero-order valence-corrected chi connectivity index (χ0v) is 14.1. The van der Waals surface area contributed by atoms with E-state index in [2.05, 4.69) is 24.4 Å². The number of methoxy groups -OCH3 is 1. The molecule has 1 unspecified atom stereocenters. The molecule has 2 aromatic carbocycles. The first-order valence-electron chi connectivity index (χ1n) is 6.84. The minimum Gasteiger partial charge on any atom is -0.496 e. The average molecular weight is 322 g/mol. The van der Waals surface area contributed by atoms with Crippen molar-refractivity contribution in [1.29, 1.82) is 0 Å². The Morgan fingerprint density at radius 2 is 1.90 bits per heavy atom. The Balaban J connectivity index is 2.12. The first-order chi connectivity index (χ1) is 10.1. The lowest BCUT2D eigenvalue weighted by Gasteiger charge is -2.19. The molecule has 2 aromatic rings. The standard InChI is InChI=1S/C17H20ClNOS/c1-12-4-9-17(20-3)15(10-12)16(19-2)11-21-14-7-5-13(18)6-8-14/h4-10,16,19H,11H2,1-3H3. The maximum atomic E-state index is 5.92. The first kappa shape index (κ1) is 16.2. The predicted octanol–water partition coefficient (Wildman–Crippen LogP) is 4.71. The Labute approximate surface area is 135 Å². The van der Waals surface area contributed by atoms with Gasteiger partial charge in [-0.25, -0.2) is 0 Å². The zero-order chi connectivity index (χ0) is 15.2. The molecule has 1 N–H and O–H groups in total. The molecule has 0 aromatic heterocycles. The fourth-order valence-electron chi connectivity index (χ4n) is 2.17. The summed E-state index contributed by atoms with van der Waals surface area (Å²) in [4.78, 5) is 1.21. The molecule has 2 rings (SSSR count). The molecule has 2 nitrogen and oxygen atoms in total. The van der Waals surface area contributed by atoms with Crippen molar-refractivity contribution in [3.8, 4) is 5.75 Å². The van der Waals surface area contributed by atoms with Crippen LogP contribution in [0.1, 0.15) is 17.2 Å². The van der Waals surface area contributed by atoms with Crippen LogP contribution in [0.15, 0.2) is 47.4 Å². The highest BCUT2D eigenvalue weighted by Crippen LogP contribution is 2.31. The lowest BCUT2D eigenvalue weighted by atomic mass is 10.0. The summed E-state index contributed by atoms with van der Waals surface area (Å²) < 4.78 is 5.48. The average Bonchev–Trinajstić information content (AvgIpc) is 2.50. The summed E-state index contributed by atoms with van der Waals surface area (Å²) in [6.45, 7) is 2.10. The van der Waals surface area contributed by atoms with Crippen LogP contribution in [0, 0.1) is 6.92 Å². The van der Waals surface area contributed by atoms with E-state index in [0.29, 0.717) is 0 Å². The summed E-state index contributed by atoms with van der Waals surface area (Å²) in [6, 6.07) is 14.5. The summed E-state index contributed by atoms with van der Waals surface area (Å²) in [5.41, 5.74) is 2.43. The Bertz CT molecular complexity index is 586. The van der Waals surface area contributed by atoms with Crippen LogP contribution in [-0.2, 0) is 0 Å². The van der Waals surface area contributed by atoms with Crippen molar-refractivity contribution in [3.05, 3.63) is 58.6 Å². The molecule has 0 aliphatic rings. The number of ether oxygens (including phenoxy) is 1. The van der Waals surface area contributed by atoms with Gasteiger partial charge in [-0.15, -0.1) is 11.8 Å². The van der Waals surface area contributed by atoms with Crippen molar-refractivity contribution >= 4 is 23.4 Å². The maximum Gasteiger partial charge on any atom is 0.123 e. The number of thioether (sulfide) groups is 1. The summed E-state index contributed by atoms with van der Waals surface area (Å²) in [7, 11) is 3.70. The van der Waals surface area contributed by atoms with E-state index in [9.17, 15) is 0 Å². The van der Waals surface area contributed by atoms with Crippen LogP contribution >= 0.6 is 23.4 Å². The van der Waals surface area contributed by atoms with Gasteiger partial charge in [-0.05, 0) is 44.3 Å². The summed E-state index contributed by atoms with van der Waals surface area (Å²) in [5, 5.41) is 4.14. The second-order valence-electron chi connectivity index (χ2n) is 4.85. The van der Waals surface area contributed by atoms with Crippen molar-refractivity contribution in [2.24, 2.45) is 0 Å². The molecule has 21 heavy (non-hydrogen) atoms. The van der Waals surface area contributed by atoms with Crippen molar-refractivity contribution in [2.75, 3.05) is 19.9 Å². The largest absolute Gasteiger partial charge is 0.496 e. The van der Waals surface area contributed by atoms with Crippen molar-refractivity contribution in [1.82, 2.24) is 5.32 Å². The number of halogens is 1. The van der Waals surface area contributed by atoms with Crippen molar-refractivity contribution in [3.63, 3.8) is 0 Å². The molecule has 0 amide bonds. The van der Waals surface area contributed by atoms with E-state index >= 15 is 0 Å². The van der Waals surface area contributed by atoms with E-state index in [1.165, 1.54) is 16.0 Å². The molecule has 0 heterocycles. The molecule has 0 radical (unpaired) electrons. The number of benzene rings is 2. The molecule has 1 atom stereocenters. The molecular formula is C17H20ClNOS. The van der Waals surface area contributed by atoms with Crippen LogP contribution in [-0.4, -0.2) is 19.9 Å². The van der Waals surface area contributed by atoms with Crippen molar-refractivity contribution < 1.29 is 4.74 Å². The van der Waals surface area contributed by atoms with E-state index in [0.717, 1.165) is 16.5 Å². The zero-order valence-electron chi connectivity index (χ0n) is 12.5. The van der Waals surface area contributed by atoms with E-state index in [1.807, 2.05) is 37.4 Å². The van der Waals surface area contributed by atoms with Crippen LogP contribution < -0.4 is 10.1 Å². The number of aryl methyl sites for hydroxylation is 1. The van der Waals surface area contributed by atoms with Crippen LogP contribution in [0.25, 0.3) is 0 Å². The van der Waals surface area contributed by atoms with E-state index in [4.69, 9.17) is 16.3 Å². The van der Waals surface area contributed by atoms with Gasteiger partial charge in [-0.1, -0.05) is 29.3 Å². The number of hydrogen-bond donors (Lipinski definition) is 1. The number of rotatable bonds is 6. The lowest BCUT2D eigenvalue weighted by Crippen LogP contribution is -2.19. The second-order valence-corrected chi connectivity index (χ2v) is 6.38. The number of nitrogens with one attached hydrogen (secondary N) is 1. The van der Waals surface area contributed by atoms with Gasteiger partial charge in [0.2, 0.25) is 0 Å². The fraction of sp³-hybridized carbons (Fsp3) is 0.294. The molecule has 0 saturated heterocycles. The SMILES string of the molecule is CNC(CSc1ccc(Cl)cc1)c1cc(C)ccc1OC. The van der Waals surface area contributed by atoms with Gasteiger partial charge in [0.1, 0.15) is 5.75 Å². The maximum absolute atomic E-state index is 5.92. The smallest absolute Gasteiger partial charge is 0.123 e. The van der Waals surface area contributed by atoms with E-state index < -0.39 is 0 Å². The van der Waals surface area contributed by atoms with Gasteiger partial charge >= 0.3 is 0 Å². The molecule has 112 valence electrons. The monoisotopic (exact) mass is 321 g/mol. The molecule has 0 bridgehead atoms. The van der Waals surface area contributed by atoms with Gasteiger partial charge in [0.25, 0.3) is 0 Å². The molecule has 0 spiro atoms. The topological polar surface area (TPSA) is 21.3 Å². The summed E-state index contributed by atoms with van der Waals surface area (Å²) >= 11 is 7.72. The molecular weight excluding hydrogens is 302 g/mol. The third kappa shape index (κ3) is 4.40. The van der Waals surface area contributed by atoms with E-state index in [1.54, 1.807) is 18.9 Å². The van der Waals surface area contributed by atoms with Gasteiger partial charge in [0, 0.05) is 27.3 Å². The summed E-state index contributed by atoms with van der Waals surface area (Å²) in [6.07, 6.45) is 0. The van der Waals surface area contributed by atoms with Gasteiger partial charge in [0.15, 0.2) is 0 Å². The van der Waals surface area contributed by atoms with E-state index in [-0.39, 0.29) is 6.04 Å². The third-order valence-corrected chi connectivity index (χ3v) is 4.70.